The number of nitrogens with one attached hydrogen (secondary N) is 1. The molecule has 0 heterocycles. The number of carboxylic acids is 1. The maximum absolute atomic E-state index is 11.4. The van der Waals surface area contributed by atoms with E-state index in [0.717, 1.165) is 0 Å². The topological polar surface area (TPSA) is 92.4 Å². The standard InChI is InChI=1S/C11H20N2O3/c1-10(2,12)4-3-8(14)13-7-11(5-6-11)9(15)16/h3-7,12H2,1-2H3,(H,13,14)(H,15,16). The molecule has 1 aliphatic carbocycles. The van der Waals surface area contributed by atoms with E-state index in [2.05, 4.69) is 5.32 Å². The molecule has 4 N–H and O–H groups in total. The van der Waals surface area contributed by atoms with Crippen LogP contribution in [-0.2, 0) is 9.59 Å². The van der Waals surface area contributed by atoms with E-state index in [9.17, 15) is 9.59 Å². The van der Waals surface area contributed by atoms with Crippen molar-refractivity contribution in [2.45, 2.75) is 45.1 Å². The number of rotatable bonds is 6. The van der Waals surface area contributed by atoms with Crippen LogP contribution in [0, 0.1) is 5.41 Å². The van der Waals surface area contributed by atoms with E-state index in [4.69, 9.17) is 10.8 Å². The Kier molecular flexibility index (Phi) is 3.57. The molecule has 0 unspecified atom stereocenters. The van der Waals surface area contributed by atoms with Gasteiger partial charge in [-0.05, 0) is 33.1 Å². The summed E-state index contributed by atoms with van der Waals surface area (Å²) in [6.45, 7) is 3.96. The number of carboxylic acid groups (broad SMARTS) is 1. The highest BCUT2D eigenvalue weighted by Crippen LogP contribution is 2.45. The van der Waals surface area contributed by atoms with Gasteiger partial charge in [0.05, 0.1) is 5.41 Å². The molecule has 5 heteroatoms. The number of amides is 1. The number of aliphatic carboxylic acids is 1. The number of hydrogen-bond acceptors (Lipinski definition) is 3. The lowest BCUT2D eigenvalue weighted by atomic mass is 10.00. The number of carbonyl (C=O) groups is 2. The summed E-state index contributed by atoms with van der Waals surface area (Å²) in [6, 6.07) is 0. The van der Waals surface area contributed by atoms with Gasteiger partial charge in [0.25, 0.3) is 0 Å². The first-order chi connectivity index (χ1) is 7.25. The summed E-state index contributed by atoms with van der Waals surface area (Å²) in [5.41, 5.74) is 4.71. The molecule has 0 atom stereocenters. The molecule has 1 amide bonds. The molecule has 0 bridgehead atoms. The van der Waals surface area contributed by atoms with Crippen LogP contribution >= 0.6 is 0 Å². The Balaban J connectivity index is 2.24. The SMILES string of the molecule is CC(C)(N)CCC(=O)NCC1(C(=O)O)CC1. The summed E-state index contributed by atoms with van der Waals surface area (Å²) in [7, 11) is 0. The maximum Gasteiger partial charge on any atom is 0.311 e. The minimum absolute atomic E-state index is 0.119. The van der Waals surface area contributed by atoms with Gasteiger partial charge in [-0.3, -0.25) is 9.59 Å². The fourth-order valence-electron chi connectivity index (χ4n) is 1.41. The summed E-state index contributed by atoms with van der Waals surface area (Å²) in [5.74, 6) is -0.932. The lowest BCUT2D eigenvalue weighted by Gasteiger charge is -2.18. The van der Waals surface area contributed by atoms with Gasteiger partial charge in [-0.15, -0.1) is 0 Å². The first-order valence-electron chi connectivity index (χ1n) is 5.54. The van der Waals surface area contributed by atoms with Crippen LogP contribution in [0.25, 0.3) is 0 Å². The number of hydrogen-bond donors (Lipinski definition) is 3. The molecular weight excluding hydrogens is 208 g/mol. The Bertz CT molecular complexity index is 290. The third-order valence-corrected chi connectivity index (χ3v) is 2.93. The first-order valence-corrected chi connectivity index (χ1v) is 5.54. The van der Waals surface area contributed by atoms with Crippen LogP contribution in [0.15, 0.2) is 0 Å². The monoisotopic (exact) mass is 228 g/mol. The molecule has 0 saturated heterocycles. The highest BCUT2D eigenvalue weighted by Gasteiger charge is 2.50. The third-order valence-electron chi connectivity index (χ3n) is 2.93. The van der Waals surface area contributed by atoms with Crippen LogP contribution in [-0.4, -0.2) is 29.1 Å². The molecule has 0 aromatic carbocycles. The Morgan fingerprint density at radius 1 is 1.44 bits per heavy atom. The fraction of sp³-hybridized carbons (Fsp3) is 0.818. The predicted molar refractivity (Wildman–Crippen MR) is 59.8 cm³/mol. The van der Waals surface area contributed by atoms with E-state index in [-0.39, 0.29) is 18.0 Å². The Morgan fingerprint density at radius 3 is 2.38 bits per heavy atom. The number of nitrogens with two attached hydrogens (primary N) is 1. The molecule has 5 nitrogen and oxygen atoms in total. The summed E-state index contributed by atoms with van der Waals surface area (Å²) in [6.07, 6.45) is 2.26. The molecule has 1 saturated carbocycles. The zero-order valence-electron chi connectivity index (χ0n) is 9.88. The quantitative estimate of drug-likeness (QED) is 0.616. The van der Waals surface area contributed by atoms with Gasteiger partial charge in [-0.2, -0.15) is 0 Å². The van der Waals surface area contributed by atoms with Crippen molar-refractivity contribution in [3.05, 3.63) is 0 Å². The van der Waals surface area contributed by atoms with E-state index < -0.39 is 11.4 Å². The van der Waals surface area contributed by atoms with E-state index in [1.165, 1.54) is 0 Å². The number of carbonyl (C=O) groups excluding carboxylic acids is 1. The zero-order valence-corrected chi connectivity index (χ0v) is 9.88. The molecule has 0 spiro atoms. The van der Waals surface area contributed by atoms with Crippen molar-refractivity contribution in [2.75, 3.05) is 6.54 Å². The second-order valence-corrected chi connectivity index (χ2v) is 5.35. The molecule has 1 aliphatic rings. The molecule has 1 fully saturated rings. The van der Waals surface area contributed by atoms with Crippen molar-refractivity contribution in [1.29, 1.82) is 0 Å². The minimum Gasteiger partial charge on any atom is -0.481 e. The van der Waals surface area contributed by atoms with E-state index in [1.54, 1.807) is 0 Å². The zero-order chi connectivity index (χ0) is 12.4. The summed E-state index contributed by atoms with van der Waals surface area (Å²) in [5, 5.41) is 11.6. The second kappa shape index (κ2) is 4.41. The largest absolute Gasteiger partial charge is 0.481 e. The highest BCUT2D eigenvalue weighted by molar-refractivity contribution is 5.80. The van der Waals surface area contributed by atoms with Gasteiger partial charge in [0.1, 0.15) is 0 Å². The average molecular weight is 228 g/mol. The Morgan fingerprint density at radius 2 is 2.00 bits per heavy atom. The van der Waals surface area contributed by atoms with E-state index >= 15 is 0 Å². The lowest BCUT2D eigenvalue weighted by Crippen LogP contribution is -2.37. The van der Waals surface area contributed by atoms with Gasteiger partial charge in [0.2, 0.25) is 5.91 Å². The molecule has 0 aliphatic heterocycles. The van der Waals surface area contributed by atoms with Gasteiger partial charge < -0.3 is 16.2 Å². The fourth-order valence-corrected chi connectivity index (χ4v) is 1.41. The molecule has 0 radical (unpaired) electrons. The Hall–Kier alpha value is -1.10. The van der Waals surface area contributed by atoms with E-state index in [0.29, 0.717) is 25.7 Å². The summed E-state index contributed by atoms with van der Waals surface area (Å²) < 4.78 is 0. The van der Waals surface area contributed by atoms with Crippen LogP contribution in [0.2, 0.25) is 0 Å². The van der Waals surface area contributed by atoms with Crippen molar-refractivity contribution in [3.8, 4) is 0 Å². The van der Waals surface area contributed by atoms with E-state index in [1.807, 2.05) is 13.8 Å². The van der Waals surface area contributed by atoms with Crippen LogP contribution in [0.3, 0.4) is 0 Å². The lowest BCUT2D eigenvalue weighted by molar-refractivity contribution is -0.143. The van der Waals surface area contributed by atoms with Gasteiger partial charge in [0, 0.05) is 18.5 Å². The van der Waals surface area contributed by atoms with Crippen LogP contribution in [0.4, 0.5) is 0 Å². The van der Waals surface area contributed by atoms with Gasteiger partial charge >= 0.3 is 5.97 Å². The second-order valence-electron chi connectivity index (χ2n) is 5.35. The van der Waals surface area contributed by atoms with Crippen LogP contribution in [0.5, 0.6) is 0 Å². The summed E-state index contributed by atoms with van der Waals surface area (Å²) in [4.78, 5) is 22.3. The smallest absolute Gasteiger partial charge is 0.311 e. The van der Waals surface area contributed by atoms with Gasteiger partial charge in [-0.1, -0.05) is 0 Å². The van der Waals surface area contributed by atoms with Crippen LogP contribution in [0.1, 0.15) is 39.5 Å². The predicted octanol–water partition coefficient (Wildman–Crippen LogP) is 0.485. The third kappa shape index (κ3) is 3.81. The molecule has 0 aromatic heterocycles. The van der Waals surface area contributed by atoms with Gasteiger partial charge in [0.15, 0.2) is 0 Å². The Labute approximate surface area is 95.4 Å². The van der Waals surface area contributed by atoms with Crippen molar-refractivity contribution >= 4 is 11.9 Å². The molecule has 16 heavy (non-hydrogen) atoms. The van der Waals surface area contributed by atoms with Crippen LogP contribution < -0.4 is 11.1 Å². The van der Waals surface area contributed by atoms with Gasteiger partial charge in [-0.25, -0.2) is 0 Å². The maximum atomic E-state index is 11.4. The highest BCUT2D eigenvalue weighted by atomic mass is 16.4. The summed E-state index contributed by atoms with van der Waals surface area (Å²) >= 11 is 0. The molecular formula is C11H20N2O3. The molecule has 92 valence electrons. The van der Waals surface area contributed by atoms with Crippen molar-refractivity contribution in [2.24, 2.45) is 11.1 Å². The molecule has 0 aromatic rings. The normalized spacial score (nSPS) is 17.9. The van der Waals surface area contributed by atoms with Crippen molar-refractivity contribution in [1.82, 2.24) is 5.32 Å². The minimum atomic E-state index is -0.813. The average Bonchev–Trinajstić information content (AvgIpc) is 2.91. The van der Waals surface area contributed by atoms with Crippen molar-refractivity contribution < 1.29 is 14.7 Å². The first kappa shape index (κ1) is 13.0. The van der Waals surface area contributed by atoms with Crippen molar-refractivity contribution in [3.63, 3.8) is 0 Å². The molecule has 1 rings (SSSR count).